The molecule has 2 aromatic rings. The van der Waals surface area contributed by atoms with Crippen LogP contribution in [-0.4, -0.2) is 22.2 Å². The SMILES string of the molecule is Cc1csc(C(O)(CC(=O)NCc2ccc(C)s2)C(F)(F)F)n1. The maximum absolute atomic E-state index is 13.3. The molecule has 0 aliphatic carbocycles. The number of thiophene rings is 1. The first kappa shape index (κ1) is 17.9. The van der Waals surface area contributed by atoms with E-state index in [1.165, 1.54) is 23.6 Å². The van der Waals surface area contributed by atoms with Crippen LogP contribution in [0.2, 0.25) is 0 Å². The average molecular weight is 364 g/mol. The number of thiazole rings is 1. The zero-order valence-electron chi connectivity index (χ0n) is 12.4. The van der Waals surface area contributed by atoms with Gasteiger partial charge in [0.05, 0.1) is 13.0 Å². The first-order chi connectivity index (χ1) is 10.6. The normalized spacial score (nSPS) is 14.5. The van der Waals surface area contributed by atoms with Crippen LogP contribution in [0, 0.1) is 13.8 Å². The van der Waals surface area contributed by atoms with Gasteiger partial charge in [-0.1, -0.05) is 0 Å². The largest absolute Gasteiger partial charge is 0.424 e. The molecule has 0 saturated heterocycles. The van der Waals surface area contributed by atoms with Crippen molar-refractivity contribution in [2.75, 3.05) is 0 Å². The molecule has 1 amide bonds. The van der Waals surface area contributed by atoms with Gasteiger partial charge in [0.2, 0.25) is 11.5 Å². The summed E-state index contributed by atoms with van der Waals surface area (Å²) in [7, 11) is 0. The average Bonchev–Trinajstić information content (AvgIpc) is 3.04. The molecule has 0 aliphatic heterocycles. The predicted molar refractivity (Wildman–Crippen MR) is 82.3 cm³/mol. The second kappa shape index (κ2) is 6.58. The fourth-order valence-electron chi connectivity index (χ4n) is 1.90. The maximum atomic E-state index is 13.3. The van der Waals surface area contributed by atoms with E-state index in [1.54, 1.807) is 6.07 Å². The molecule has 2 aromatic heterocycles. The summed E-state index contributed by atoms with van der Waals surface area (Å²) in [4.78, 5) is 17.4. The van der Waals surface area contributed by atoms with Crippen LogP contribution < -0.4 is 5.32 Å². The number of carbonyl (C=O) groups is 1. The number of alkyl halides is 3. The lowest BCUT2D eigenvalue weighted by atomic mass is 9.99. The van der Waals surface area contributed by atoms with Crippen LogP contribution in [0.4, 0.5) is 13.2 Å². The van der Waals surface area contributed by atoms with Gasteiger partial charge in [-0.05, 0) is 26.0 Å². The number of carbonyl (C=O) groups excluding carboxylic acids is 1. The molecular formula is C14H15F3N2O2S2. The fourth-order valence-corrected chi connectivity index (χ4v) is 3.65. The molecule has 2 N–H and O–H groups in total. The van der Waals surface area contributed by atoms with Gasteiger partial charge in [0.1, 0.15) is 5.01 Å². The third-order valence-corrected chi connectivity index (χ3v) is 5.23. The molecule has 1 unspecified atom stereocenters. The summed E-state index contributed by atoms with van der Waals surface area (Å²) in [6, 6.07) is 3.65. The van der Waals surface area contributed by atoms with E-state index in [-0.39, 0.29) is 6.54 Å². The molecule has 23 heavy (non-hydrogen) atoms. The van der Waals surface area contributed by atoms with E-state index in [0.29, 0.717) is 17.0 Å². The second-order valence-corrected chi connectivity index (χ2v) is 7.35. The molecule has 2 heterocycles. The topological polar surface area (TPSA) is 62.2 Å². The number of halogens is 3. The van der Waals surface area contributed by atoms with Gasteiger partial charge in [-0.3, -0.25) is 4.79 Å². The Balaban J connectivity index is 2.10. The second-order valence-electron chi connectivity index (χ2n) is 5.12. The molecule has 0 aliphatic rings. The minimum Gasteiger partial charge on any atom is -0.374 e. The standard InChI is InChI=1S/C14H15F3N2O2S2/c1-8-7-22-12(19-8)13(21,14(15,16)17)5-11(20)18-6-10-4-3-9(2)23-10/h3-4,7,21H,5-6H2,1-2H3,(H,18,20). The highest BCUT2D eigenvalue weighted by Gasteiger charge is 2.58. The van der Waals surface area contributed by atoms with Crippen LogP contribution in [0.15, 0.2) is 17.5 Å². The van der Waals surface area contributed by atoms with Gasteiger partial charge >= 0.3 is 6.18 Å². The van der Waals surface area contributed by atoms with Crippen molar-refractivity contribution in [2.24, 2.45) is 0 Å². The minimum atomic E-state index is -4.99. The lowest BCUT2D eigenvalue weighted by molar-refractivity contribution is -0.267. The van der Waals surface area contributed by atoms with E-state index in [0.717, 1.165) is 9.75 Å². The molecule has 0 saturated carbocycles. The third kappa shape index (κ3) is 4.10. The van der Waals surface area contributed by atoms with Crippen molar-refractivity contribution in [2.45, 2.75) is 38.6 Å². The number of nitrogens with zero attached hydrogens (tertiary/aromatic N) is 1. The minimum absolute atomic E-state index is 0.127. The molecule has 0 spiro atoms. The summed E-state index contributed by atoms with van der Waals surface area (Å²) in [6.45, 7) is 3.54. The van der Waals surface area contributed by atoms with Crippen molar-refractivity contribution < 1.29 is 23.1 Å². The number of aryl methyl sites for hydroxylation is 2. The van der Waals surface area contributed by atoms with Crippen LogP contribution >= 0.6 is 22.7 Å². The molecule has 1 atom stereocenters. The number of aromatic nitrogens is 1. The number of aliphatic hydroxyl groups is 1. The van der Waals surface area contributed by atoms with Crippen LogP contribution in [-0.2, 0) is 16.9 Å². The Labute approximate surface area is 139 Å². The monoisotopic (exact) mass is 364 g/mol. The molecule has 0 aromatic carbocycles. The van der Waals surface area contributed by atoms with Crippen molar-refractivity contribution in [1.29, 1.82) is 0 Å². The van der Waals surface area contributed by atoms with E-state index in [1.807, 2.05) is 13.0 Å². The summed E-state index contributed by atoms with van der Waals surface area (Å²) in [6.07, 6.45) is -6.11. The quantitative estimate of drug-likeness (QED) is 0.856. The molecule has 4 nitrogen and oxygen atoms in total. The zero-order valence-corrected chi connectivity index (χ0v) is 14.0. The number of nitrogens with one attached hydrogen (secondary N) is 1. The Kier molecular flexibility index (Phi) is 5.12. The Morgan fingerprint density at radius 1 is 1.35 bits per heavy atom. The van der Waals surface area contributed by atoms with Gasteiger partial charge < -0.3 is 10.4 Å². The van der Waals surface area contributed by atoms with Gasteiger partial charge in [-0.25, -0.2) is 4.98 Å². The number of hydrogen-bond donors (Lipinski definition) is 2. The van der Waals surface area contributed by atoms with Crippen molar-refractivity contribution >= 4 is 28.6 Å². The van der Waals surface area contributed by atoms with Crippen LogP contribution in [0.5, 0.6) is 0 Å². The highest BCUT2D eigenvalue weighted by atomic mass is 32.1. The van der Waals surface area contributed by atoms with Crippen LogP contribution in [0.25, 0.3) is 0 Å². The van der Waals surface area contributed by atoms with Gasteiger partial charge in [0, 0.05) is 20.8 Å². The maximum Gasteiger partial charge on any atom is 0.424 e. The highest BCUT2D eigenvalue weighted by Crippen LogP contribution is 2.42. The molecule has 9 heteroatoms. The lowest BCUT2D eigenvalue weighted by Gasteiger charge is -2.27. The molecule has 0 radical (unpaired) electrons. The Morgan fingerprint density at radius 3 is 2.52 bits per heavy atom. The van der Waals surface area contributed by atoms with Gasteiger partial charge in [-0.15, -0.1) is 22.7 Å². The van der Waals surface area contributed by atoms with E-state index in [2.05, 4.69) is 10.3 Å². The highest BCUT2D eigenvalue weighted by molar-refractivity contribution is 7.11. The van der Waals surface area contributed by atoms with Crippen molar-refractivity contribution in [3.63, 3.8) is 0 Å². The Hall–Kier alpha value is -1.45. The molecule has 0 fully saturated rings. The first-order valence-electron chi connectivity index (χ1n) is 6.65. The van der Waals surface area contributed by atoms with Gasteiger partial charge in [-0.2, -0.15) is 13.2 Å². The van der Waals surface area contributed by atoms with Crippen LogP contribution in [0.1, 0.15) is 26.9 Å². The fraction of sp³-hybridized carbons (Fsp3) is 0.429. The van der Waals surface area contributed by atoms with E-state index < -0.39 is 29.1 Å². The summed E-state index contributed by atoms with van der Waals surface area (Å²) in [5.41, 5.74) is -2.91. The number of hydrogen-bond acceptors (Lipinski definition) is 5. The predicted octanol–water partition coefficient (Wildman–Crippen LogP) is 3.28. The Morgan fingerprint density at radius 2 is 2.04 bits per heavy atom. The Bertz CT molecular complexity index is 696. The smallest absolute Gasteiger partial charge is 0.374 e. The molecule has 2 rings (SSSR count). The zero-order chi connectivity index (χ0) is 17.3. The summed E-state index contributed by atoms with van der Waals surface area (Å²) >= 11 is 2.13. The summed E-state index contributed by atoms with van der Waals surface area (Å²) in [5.74, 6) is -0.885. The number of amides is 1. The lowest BCUT2D eigenvalue weighted by Crippen LogP contribution is -2.46. The van der Waals surface area contributed by atoms with E-state index >= 15 is 0 Å². The molecule has 0 bridgehead atoms. The van der Waals surface area contributed by atoms with Crippen molar-refractivity contribution in [1.82, 2.24) is 10.3 Å². The van der Waals surface area contributed by atoms with Gasteiger partial charge in [0.25, 0.3) is 0 Å². The van der Waals surface area contributed by atoms with E-state index in [4.69, 9.17) is 0 Å². The first-order valence-corrected chi connectivity index (χ1v) is 8.35. The van der Waals surface area contributed by atoms with Crippen molar-refractivity contribution in [3.8, 4) is 0 Å². The van der Waals surface area contributed by atoms with Gasteiger partial charge in [0.15, 0.2) is 0 Å². The molecule has 126 valence electrons. The van der Waals surface area contributed by atoms with Crippen molar-refractivity contribution in [3.05, 3.63) is 38.0 Å². The summed E-state index contributed by atoms with van der Waals surface area (Å²) in [5, 5.41) is 13.4. The van der Waals surface area contributed by atoms with Crippen LogP contribution in [0.3, 0.4) is 0 Å². The molecular weight excluding hydrogens is 349 g/mol. The number of rotatable bonds is 5. The summed E-state index contributed by atoms with van der Waals surface area (Å²) < 4.78 is 39.8. The van der Waals surface area contributed by atoms with E-state index in [9.17, 15) is 23.1 Å². The third-order valence-electron chi connectivity index (χ3n) is 3.11.